The van der Waals surface area contributed by atoms with Gasteiger partial charge in [0.25, 0.3) is 0 Å². The van der Waals surface area contributed by atoms with E-state index in [0.29, 0.717) is 29.5 Å². The molecule has 0 saturated carbocycles. The summed E-state index contributed by atoms with van der Waals surface area (Å²) >= 11 is 6.16. The van der Waals surface area contributed by atoms with Gasteiger partial charge in [-0.1, -0.05) is 41.9 Å². The van der Waals surface area contributed by atoms with Crippen LogP contribution in [0.15, 0.2) is 73.1 Å². The Morgan fingerprint density at radius 3 is 2.63 bits per heavy atom. The number of hydrogen-bond donors (Lipinski definition) is 4. The van der Waals surface area contributed by atoms with Crippen LogP contribution in [0.4, 0.5) is 21.0 Å². The van der Waals surface area contributed by atoms with Crippen molar-refractivity contribution in [2.45, 2.75) is 45.2 Å². The molecule has 1 aromatic heterocycles. The molecular formula is C35H36ClN5O8. The van der Waals surface area contributed by atoms with Crippen LogP contribution in [0.3, 0.4) is 0 Å². The van der Waals surface area contributed by atoms with Crippen LogP contribution in [0.5, 0.6) is 5.75 Å². The Morgan fingerprint density at radius 2 is 1.84 bits per heavy atom. The number of nitrogens with zero attached hydrogens (tertiary/aromatic N) is 3. The fourth-order valence-corrected chi connectivity index (χ4v) is 5.73. The maximum absolute atomic E-state index is 13.1. The molecule has 5 rings (SSSR count). The Balaban J connectivity index is 1.20. The molecule has 3 amide bonds. The van der Waals surface area contributed by atoms with Crippen molar-refractivity contribution in [3.63, 3.8) is 0 Å². The second kappa shape index (κ2) is 16.0. The number of ether oxygens (including phenoxy) is 2. The van der Waals surface area contributed by atoms with Crippen LogP contribution < -0.4 is 20.3 Å². The van der Waals surface area contributed by atoms with Crippen LogP contribution in [-0.2, 0) is 27.3 Å². The van der Waals surface area contributed by atoms with Gasteiger partial charge >= 0.3 is 24.1 Å². The van der Waals surface area contributed by atoms with Gasteiger partial charge < -0.3 is 30.3 Å². The largest absolute Gasteiger partial charge is 0.490 e. The van der Waals surface area contributed by atoms with E-state index in [1.54, 1.807) is 46.1 Å². The summed E-state index contributed by atoms with van der Waals surface area (Å²) in [4.78, 5) is 49.4. The third-order valence-electron chi connectivity index (χ3n) is 7.98. The first-order valence-corrected chi connectivity index (χ1v) is 16.0. The Morgan fingerprint density at radius 1 is 1.04 bits per heavy atom. The summed E-state index contributed by atoms with van der Waals surface area (Å²) in [5.74, 6) is -1.83. The Hall–Kier alpha value is -5.56. The van der Waals surface area contributed by atoms with Crippen molar-refractivity contribution >= 4 is 47.0 Å². The number of carbonyl (C=O) groups excluding carboxylic acids is 2. The van der Waals surface area contributed by atoms with Crippen molar-refractivity contribution in [3.05, 3.63) is 94.8 Å². The monoisotopic (exact) mass is 689 g/mol. The van der Waals surface area contributed by atoms with Crippen LogP contribution in [0.1, 0.15) is 36.0 Å². The number of hydrogen-bond acceptors (Lipinski definition) is 7. The zero-order valence-corrected chi connectivity index (χ0v) is 27.5. The van der Waals surface area contributed by atoms with Crippen molar-refractivity contribution in [2.75, 3.05) is 30.0 Å². The van der Waals surface area contributed by atoms with Crippen molar-refractivity contribution < 1.29 is 38.9 Å². The quantitative estimate of drug-likeness (QED) is 0.123. The fourth-order valence-electron chi connectivity index (χ4n) is 5.56. The van der Waals surface area contributed by atoms with E-state index in [9.17, 15) is 24.3 Å². The molecule has 256 valence electrons. The number of carboxylic acid groups (broad SMARTS) is 2. The number of aliphatic carboxylic acids is 2. The third-order valence-corrected chi connectivity index (χ3v) is 8.39. The minimum atomic E-state index is -1.34. The molecule has 49 heavy (non-hydrogen) atoms. The second-order valence-electron chi connectivity index (χ2n) is 11.4. The molecule has 0 spiro atoms. The summed E-state index contributed by atoms with van der Waals surface area (Å²) in [6, 6.07) is 16.1. The Kier molecular flexibility index (Phi) is 11.4. The van der Waals surface area contributed by atoms with E-state index in [1.165, 1.54) is 0 Å². The number of carboxylic acids is 2. The van der Waals surface area contributed by atoms with Gasteiger partial charge in [0.05, 0.1) is 18.4 Å². The average Bonchev–Trinajstić information content (AvgIpc) is 3.54. The number of urea groups is 1. The lowest BCUT2D eigenvalue weighted by atomic mass is 9.93. The topological polar surface area (TPSA) is 172 Å². The first-order valence-electron chi connectivity index (χ1n) is 15.7. The Bertz CT molecular complexity index is 1840. The third kappa shape index (κ3) is 9.08. The summed E-state index contributed by atoms with van der Waals surface area (Å²) in [6.07, 6.45) is 4.15. The van der Waals surface area contributed by atoms with Crippen LogP contribution in [0.25, 0.3) is 11.1 Å². The van der Waals surface area contributed by atoms with E-state index in [4.69, 9.17) is 26.2 Å². The highest BCUT2D eigenvalue weighted by atomic mass is 35.5. The summed E-state index contributed by atoms with van der Waals surface area (Å²) in [7, 11) is 0. The smallest absolute Gasteiger partial charge is 0.414 e. The minimum absolute atomic E-state index is 0.0835. The lowest BCUT2D eigenvalue weighted by Gasteiger charge is -2.30. The standard InChI is InChI=1S/C35H36ClN5O8/c1-22-28(36)10-4-12-31(22)48-16-17-49-35(47)41-15-5-9-27-26(8-3-11-30(27)41)24-19-37-40(21-24)20-23-6-2-7-25(18-23)38-34(46)39-29(33(44)45)13-14-32(42)43/h2-4,6-8,10-12,18-19,21,29H,5,9,13-17,20H2,1H3,(H,42,43)(H,44,45)(H2,38,39,46)/t29-/m1/s1. The van der Waals surface area contributed by atoms with E-state index in [0.717, 1.165) is 46.3 Å². The first kappa shape index (κ1) is 34.8. The summed E-state index contributed by atoms with van der Waals surface area (Å²) in [6.45, 7) is 3.06. The van der Waals surface area contributed by atoms with E-state index < -0.39 is 36.5 Å². The molecule has 0 bridgehead atoms. The molecule has 1 atom stereocenters. The minimum Gasteiger partial charge on any atom is -0.490 e. The predicted octanol–water partition coefficient (Wildman–Crippen LogP) is 5.97. The van der Waals surface area contributed by atoms with Gasteiger partial charge in [-0.25, -0.2) is 14.4 Å². The molecule has 4 aromatic rings. The lowest BCUT2D eigenvalue weighted by Crippen LogP contribution is -2.43. The van der Waals surface area contributed by atoms with Crippen LogP contribution in [0, 0.1) is 6.92 Å². The molecule has 13 nitrogen and oxygen atoms in total. The van der Waals surface area contributed by atoms with Gasteiger partial charge in [0, 0.05) is 41.0 Å². The van der Waals surface area contributed by atoms with Crippen molar-refractivity contribution in [1.29, 1.82) is 0 Å². The van der Waals surface area contributed by atoms with E-state index in [2.05, 4.69) is 15.7 Å². The number of fused-ring (bicyclic) bond motifs is 1. The van der Waals surface area contributed by atoms with Crippen molar-refractivity contribution in [3.8, 4) is 16.9 Å². The number of aromatic nitrogens is 2. The van der Waals surface area contributed by atoms with E-state index in [-0.39, 0.29) is 19.6 Å². The molecule has 0 saturated heterocycles. The second-order valence-corrected chi connectivity index (χ2v) is 11.8. The lowest BCUT2D eigenvalue weighted by molar-refractivity contribution is -0.140. The molecular weight excluding hydrogens is 654 g/mol. The molecule has 1 aliphatic heterocycles. The molecule has 0 fully saturated rings. The van der Waals surface area contributed by atoms with Gasteiger partial charge in [0.2, 0.25) is 0 Å². The average molecular weight is 690 g/mol. The summed E-state index contributed by atoms with van der Waals surface area (Å²) in [5, 5.41) is 28.2. The Labute approximate surface area is 287 Å². The summed E-state index contributed by atoms with van der Waals surface area (Å²) < 4.78 is 13.1. The van der Waals surface area contributed by atoms with Crippen molar-refractivity contribution in [1.82, 2.24) is 15.1 Å². The van der Waals surface area contributed by atoms with Gasteiger partial charge in [0.15, 0.2) is 0 Å². The molecule has 14 heteroatoms. The molecule has 0 radical (unpaired) electrons. The SMILES string of the molecule is Cc1c(Cl)cccc1OCCOC(=O)N1CCCc2c(-c3cnn(Cc4cccc(NC(=O)N[C@H](CCC(=O)O)C(=O)O)c4)c3)cccc21. The number of anilines is 2. The molecule has 2 heterocycles. The number of benzene rings is 3. The molecule has 1 aliphatic rings. The molecule has 0 unspecified atom stereocenters. The van der Waals surface area contributed by atoms with Gasteiger partial charge in [-0.05, 0) is 73.2 Å². The molecule has 4 N–H and O–H groups in total. The highest BCUT2D eigenvalue weighted by molar-refractivity contribution is 6.31. The van der Waals surface area contributed by atoms with Gasteiger partial charge in [-0.2, -0.15) is 5.10 Å². The fraction of sp³-hybridized carbons (Fsp3) is 0.286. The maximum atomic E-state index is 13.1. The van der Waals surface area contributed by atoms with E-state index >= 15 is 0 Å². The number of halogens is 1. The molecule has 0 aliphatic carbocycles. The number of nitrogens with one attached hydrogen (secondary N) is 2. The highest BCUT2D eigenvalue weighted by Gasteiger charge is 2.26. The number of carbonyl (C=O) groups is 4. The zero-order valence-electron chi connectivity index (χ0n) is 26.7. The maximum Gasteiger partial charge on any atom is 0.414 e. The normalized spacial score (nSPS) is 12.8. The van der Waals surface area contributed by atoms with E-state index in [1.807, 2.05) is 43.5 Å². The zero-order chi connectivity index (χ0) is 34.9. The van der Waals surface area contributed by atoms with Gasteiger partial charge in [0.1, 0.15) is 25.0 Å². The predicted molar refractivity (Wildman–Crippen MR) is 182 cm³/mol. The first-order chi connectivity index (χ1) is 23.6. The number of amides is 3. The van der Waals surface area contributed by atoms with Crippen molar-refractivity contribution in [2.24, 2.45) is 0 Å². The van der Waals surface area contributed by atoms with Crippen LogP contribution >= 0.6 is 11.6 Å². The van der Waals surface area contributed by atoms with Crippen LogP contribution in [-0.4, -0.2) is 69.9 Å². The molecule has 3 aromatic carbocycles. The summed E-state index contributed by atoms with van der Waals surface area (Å²) in [5.41, 5.74) is 5.74. The number of rotatable bonds is 13. The van der Waals surface area contributed by atoms with Gasteiger partial charge in [-0.3, -0.25) is 14.4 Å². The highest BCUT2D eigenvalue weighted by Crippen LogP contribution is 2.36. The van der Waals surface area contributed by atoms with Gasteiger partial charge in [-0.15, -0.1) is 0 Å². The van der Waals surface area contributed by atoms with Crippen LogP contribution in [0.2, 0.25) is 5.02 Å².